The molecule has 104 valence electrons. The molecule has 0 amide bonds. The van der Waals surface area contributed by atoms with E-state index < -0.39 is 0 Å². The molecule has 3 rings (SSSR count). The van der Waals surface area contributed by atoms with Crippen LogP contribution in [0.3, 0.4) is 0 Å². The molecule has 1 aliphatic heterocycles. The van der Waals surface area contributed by atoms with Crippen molar-refractivity contribution in [2.24, 2.45) is 0 Å². The number of aromatic nitrogens is 1. The van der Waals surface area contributed by atoms with Gasteiger partial charge in [-0.2, -0.15) is 0 Å². The first-order valence-electron chi connectivity index (χ1n) is 7.20. The first-order chi connectivity index (χ1) is 9.78. The monoisotopic (exact) mass is 267 g/mol. The fourth-order valence-corrected chi connectivity index (χ4v) is 2.93. The molecule has 1 aromatic carbocycles. The molecular formula is C17H21N3. The molecule has 1 aromatic heterocycles. The molecular weight excluding hydrogens is 246 g/mol. The lowest BCUT2D eigenvalue weighted by Crippen LogP contribution is -2.31. The van der Waals surface area contributed by atoms with Crippen molar-refractivity contribution >= 4 is 5.82 Å². The Balaban J connectivity index is 1.84. The molecule has 0 bridgehead atoms. The number of nitrogens with zero attached hydrogens (tertiary/aromatic N) is 2. The van der Waals surface area contributed by atoms with E-state index in [1.807, 2.05) is 13.2 Å². The molecule has 0 unspecified atom stereocenters. The quantitative estimate of drug-likeness (QED) is 0.926. The molecule has 0 radical (unpaired) electrons. The van der Waals surface area contributed by atoms with Gasteiger partial charge in [-0.15, -0.1) is 0 Å². The third kappa shape index (κ3) is 2.54. The molecule has 0 atom stereocenters. The standard InChI is InChI=1S/C17H21N3/c1-13-9-14(10-18-2)11-19-17(13)20-8-7-15-5-3-4-6-16(15)12-20/h3-6,9,11,18H,7-8,10,12H2,1-2H3. The summed E-state index contributed by atoms with van der Waals surface area (Å²) in [5.74, 6) is 1.12. The lowest BCUT2D eigenvalue weighted by molar-refractivity contribution is 0.716. The van der Waals surface area contributed by atoms with Crippen LogP contribution in [0.15, 0.2) is 36.5 Å². The summed E-state index contributed by atoms with van der Waals surface area (Å²) in [5.41, 5.74) is 5.41. The summed E-state index contributed by atoms with van der Waals surface area (Å²) in [6.45, 7) is 5.05. The molecule has 0 aliphatic carbocycles. The van der Waals surface area contributed by atoms with Crippen LogP contribution in [0.25, 0.3) is 0 Å². The molecule has 1 aliphatic rings. The van der Waals surface area contributed by atoms with Crippen LogP contribution < -0.4 is 10.2 Å². The summed E-state index contributed by atoms with van der Waals surface area (Å²) in [6.07, 6.45) is 3.09. The highest BCUT2D eigenvalue weighted by molar-refractivity contribution is 5.50. The molecule has 2 aromatic rings. The Bertz CT molecular complexity index is 607. The minimum absolute atomic E-state index is 0.872. The van der Waals surface area contributed by atoms with Gasteiger partial charge in [0.1, 0.15) is 5.82 Å². The highest BCUT2D eigenvalue weighted by Crippen LogP contribution is 2.25. The Morgan fingerprint density at radius 1 is 1.25 bits per heavy atom. The van der Waals surface area contributed by atoms with Crippen molar-refractivity contribution in [3.63, 3.8) is 0 Å². The van der Waals surface area contributed by atoms with E-state index in [9.17, 15) is 0 Å². The summed E-state index contributed by atoms with van der Waals surface area (Å²) in [4.78, 5) is 7.07. The summed E-state index contributed by atoms with van der Waals surface area (Å²) >= 11 is 0. The van der Waals surface area contributed by atoms with Gasteiger partial charge in [0, 0.05) is 25.8 Å². The van der Waals surface area contributed by atoms with Gasteiger partial charge >= 0.3 is 0 Å². The van der Waals surface area contributed by atoms with Crippen molar-refractivity contribution in [3.05, 3.63) is 58.8 Å². The Morgan fingerprint density at radius 3 is 2.80 bits per heavy atom. The second kappa shape index (κ2) is 5.63. The number of benzene rings is 1. The minimum Gasteiger partial charge on any atom is -0.352 e. The molecule has 0 saturated carbocycles. The van der Waals surface area contributed by atoms with Crippen molar-refractivity contribution in [3.8, 4) is 0 Å². The fourth-order valence-electron chi connectivity index (χ4n) is 2.93. The maximum Gasteiger partial charge on any atom is 0.131 e. The van der Waals surface area contributed by atoms with E-state index in [0.717, 1.165) is 31.9 Å². The fraction of sp³-hybridized carbons (Fsp3) is 0.353. The molecule has 0 saturated heterocycles. The summed E-state index contributed by atoms with van der Waals surface area (Å²) < 4.78 is 0. The van der Waals surface area contributed by atoms with Crippen LogP contribution in [-0.2, 0) is 19.5 Å². The van der Waals surface area contributed by atoms with E-state index in [2.05, 4.69) is 52.5 Å². The van der Waals surface area contributed by atoms with Crippen molar-refractivity contribution < 1.29 is 0 Å². The lowest BCUT2D eigenvalue weighted by Gasteiger charge is -2.31. The normalized spacial score (nSPS) is 14.2. The Morgan fingerprint density at radius 2 is 2.05 bits per heavy atom. The summed E-state index contributed by atoms with van der Waals surface area (Å²) in [5, 5.41) is 3.17. The molecule has 0 fully saturated rings. The molecule has 2 heterocycles. The van der Waals surface area contributed by atoms with Gasteiger partial charge in [-0.3, -0.25) is 0 Å². The number of rotatable bonds is 3. The maximum atomic E-state index is 4.68. The smallest absolute Gasteiger partial charge is 0.131 e. The van der Waals surface area contributed by atoms with Crippen LogP contribution in [0.1, 0.15) is 22.3 Å². The number of pyridine rings is 1. The number of hydrogen-bond acceptors (Lipinski definition) is 3. The predicted molar refractivity (Wildman–Crippen MR) is 82.9 cm³/mol. The van der Waals surface area contributed by atoms with Crippen molar-refractivity contribution in [1.82, 2.24) is 10.3 Å². The van der Waals surface area contributed by atoms with Gasteiger partial charge in [0.2, 0.25) is 0 Å². The van der Waals surface area contributed by atoms with Gasteiger partial charge in [-0.1, -0.05) is 24.3 Å². The maximum absolute atomic E-state index is 4.68. The van der Waals surface area contributed by atoms with E-state index in [1.165, 1.54) is 22.3 Å². The Hall–Kier alpha value is -1.87. The van der Waals surface area contributed by atoms with Gasteiger partial charge in [0.05, 0.1) is 0 Å². The zero-order valence-electron chi connectivity index (χ0n) is 12.2. The van der Waals surface area contributed by atoms with Gasteiger partial charge in [-0.05, 0) is 48.7 Å². The SMILES string of the molecule is CNCc1cnc(N2CCc3ccccc3C2)c(C)c1. The lowest BCUT2D eigenvalue weighted by atomic mass is 9.99. The first-order valence-corrected chi connectivity index (χ1v) is 7.20. The second-order valence-electron chi connectivity index (χ2n) is 5.45. The van der Waals surface area contributed by atoms with Gasteiger partial charge in [0.25, 0.3) is 0 Å². The van der Waals surface area contributed by atoms with E-state index in [1.54, 1.807) is 0 Å². The number of fused-ring (bicyclic) bond motifs is 1. The van der Waals surface area contributed by atoms with Gasteiger partial charge < -0.3 is 10.2 Å². The van der Waals surface area contributed by atoms with E-state index in [-0.39, 0.29) is 0 Å². The number of anilines is 1. The third-order valence-electron chi connectivity index (χ3n) is 3.92. The summed E-state index contributed by atoms with van der Waals surface area (Å²) in [6, 6.07) is 11.0. The van der Waals surface area contributed by atoms with E-state index in [0.29, 0.717) is 0 Å². The zero-order valence-corrected chi connectivity index (χ0v) is 12.2. The summed E-state index contributed by atoms with van der Waals surface area (Å²) in [7, 11) is 1.96. The van der Waals surface area contributed by atoms with Crippen LogP contribution in [0.5, 0.6) is 0 Å². The molecule has 20 heavy (non-hydrogen) atoms. The first kappa shape index (κ1) is 13.1. The van der Waals surface area contributed by atoms with Crippen molar-refractivity contribution in [2.45, 2.75) is 26.4 Å². The average Bonchev–Trinajstić information content (AvgIpc) is 2.47. The topological polar surface area (TPSA) is 28.2 Å². The predicted octanol–water partition coefficient (Wildman–Crippen LogP) is 2.67. The average molecular weight is 267 g/mol. The largest absolute Gasteiger partial charge is 0.352 e. The number of hydrogen-bond donors (Lipinski definition) is 1. The number of aryl methyl sites for hydroxylation is 1. The molecule has 0 spiro atoms. The highest BCUT2D eigenvalue weighted by atomic mass is 15.2. The molecule has 3 heteroatoms. The van der Waals surface area contributed by atoms with Crippen LogP contribution in [0, 0.1) is 6.92 Å². The minimum atomic E-state index is 0.872. The van der Waals surface area contributed by atoms with Crippen LogP contribution >= 0.6 is 0 Å². The van der Waals surface area contributed by atoms with Gasteiger partial charge in [0.15, 0.2) is 0 Å². The Kier molecular flexibility index (Phi) is 3.70. The van der Waals surface area contributed by atoms with Gasteiger partial charge in [-0.25, -0.2) is 4.98 Å². The van der Waals surface area contributed by atoms with Crippen LogP contribution in [0.4, 0.5) is 5.82 Å². The molecule has 3 nitrogen and oxygen atoms in total. The van der Waals surface area contributed by atoms with Crippen molar-refractivity contribution in [2.75, 3.05) is 18.5 Å². The second-order valence-corrected chi connectivity index (χ2v) is 5.45. The molecule has 1 N–H and O–H groups in total. The van der Waals surface area contributed by atoms with Crippen LogP contribution in [0.2, 0.25) is 0 Å². The number of nitrogens with one attached hydrogen (secondary N) is 1. The zero-order chi connectivity index (χ0) is 13.9. The third-order valence-corrected chi connectivity index (χ3v) is 3.92. The van der Waals surface area contributed by atoms with Crippen molar-refractivity contribution in [1.29, 1.82) is 0 Å². The van der Waals surface area contributed by atoms with E-state index >= 15 is 0 Å². The highest BCUT2D eigenvalue weighted by Gasteiger charge is 2.18. The Labute approximate surface area is 120 Å². The van der Waals surface area contributed by atoms with Crippen LogP contribution in [-0.4, -0.2) is 18.6 Å². The van der Waals surface area contributed by atoms with E-state index in [4.69, 9.17) is 0 Å².